The molecule has 0 amide bonds. The van der Waals surface area contributed by atoms with E-state index in [0.29, 0.717) is 58.1 Å². The van der Waals surface area contributed by atoms with Crippen LogP contribution in [0.5, 0.6) is 17.2 Å². The van der Waals surface area contributed by atoms with E-state index in [2.05, 4.69) is 0 Å². The van der Waals surface area contributed by atoms with Gasteiger partial charge in [-0.15, -0.1) is 0 Å². The normalized spacial score (nSPS) is 12.4. The number of carbonyl (C=O) groups excluding carboxylic acids is 1. The van der Waals surface area contributed by atoms with Crippen LogP contribution in [0.25, 0.3) is 22.1 Å². The van der Waals surface area contributed by atoms with Crippen LogP contribution in [0.4, 0.5) is 0 Å². The molecule has 0 spiro atoms. The van der Waals surface area contributed by atoms with Crippen LogP contribution in [0, 0.1) is 6.92 Å². The molecular formula is C24H24O7. The molecule has 4 rings (SSSR count). The van der Waals surface area contributed by atoms with Gasteiger partial charge >= 0.3 is 0 Å². The van der Waals surface area contributed by atoms with Gasteiger partial charge in [-0.1, -0.05) is 13.0 Å². The lowest BCUT2D eigenvalue weighted by Gasteiger charge is -2.13. The third-order valence-corrected chi connectivity index (χ3v) is 5.15. The molecule has 7 nitrogen and oxygen atoms in total. The number of ketones is 1. The average Bonchev–Trinajstić information content (AvgIpc) is 3.23. The van der Waals surface area contributed by atoms with Crippen LogP contribution in [0.3, 0.4) is 0 Å². The highest BCUT2D eigenvalue weighted by Crippen LogP contribution is 2.37. The summed E-state index contributed by atoms with van der Waals surface area (Å²) in [6.45, 7) is 6.09. The van der Waals surface area contributed by atoms with E-state index in [1.807, 2.05) is 19.9 Å². The Morgan fingerprint density at radius 2 is 1.87 bits per heavy atom. The van der Waals surface area contributed by atoms with Gasteiger partial charge in [0, 0.05) is 12.7 Å². The zero-order valence-electron chi connectivity index (χ0n) is 17.8. The van der Waals surface area contributed by atoms with Gasteiger partial charge in [0.05, 0.1) is 10.9 Å². The largest absolute Gasteiger partial charge is 0.485 e. The maximum absolute atomic E-state index is 13.4. The second-order valence-corrected chi connectivity index (χ2v) is 7.20. The molecule has 1 aliphatic heterocycles. The van der Waals surface area contributed by atoms with Crippen molar-refractivity contribution in [3.63, 3.8) is 0 Å². The summed E-state index contributed by atoms with van der Waals surface area (Å²) in [5.74, 6) is 2.11. The van der Waals surface area contributed by atoms with E-state index in [9.17, 15) is 9.59 Å². The molecule has 162 valence electrons. The number of Topliss-reactive ketones (excluding diaryl/α,β-unsaturated/α-hetero) is 1. The molecule has 1 aromatic heterocycles. The third-order valence-electron chi connectivity index (χ3n) is 5.15. The second-order valence-electron chi connectivity index (χ2n) is 7.20. The first-order valence-electron chi connectivity index (χ1n) is 10.2. The Labute approximate surface area is 179 Å². The average molecular weight is 424 g/mol. The van der Waals surface area contributed by atoms with E-state index < -0.39 is 0 Å². The Balaban J connectivity index is 1.72. The van der Waals surface area contributed by atoms with Crippen molar-refractivity contribution in [3.8, 4) is 28.4 Å². The lowest BCUT2D eigenvalue weighted by Crippen LogP contribution is -2.18. The summed E-state index contributed by atoms with van der Waals surface area (Å²) in [4.78, 5) is 25.3. The summed E-state index contributed by atoms with van der Waals surface area (Å²) >= 11 is 0. The van der Waals surface area contributed by atoms with Gasteiger partial charge in [0.1, 0.15) is 30.3 Å². The molecule has 0 saturated carbocycles. The molecule has 0 aliphatic carbocycles. The number of fused-ring (bicyclic) bond motifs is 2. The fraction of sp³-hybridized carbons (Fsp3) is 0.333. The first-order valence-corrected chi connectivity index (χ1v) is 10.2. The van der Waals surface area contributed by atoms with E-state index in [0.717, 1.165) is 5.56 Å². The van der Waals surface area contributed by atoms with Crippen molar-refractivity contribution < 1.29 is 28.2 Å². The minimum Gasteiger partial charge on any atom is -0.485 e. The number of carbonyl (C=O) groups is 1. The molecule has 2 heterocycles. The molecule has 0 radical (unpaired) electrons. The first kappa shape index (κ1) is 20.9. The number of aryl methyl sites for hydroxylation is 2. The number of rotatable bonds is 8. The molecule has 0 saturated heterocycles. The molecule has 0 unspecified atom stereocenters. The number of hydrogen-bond acceptors (Lipinski definition) is 7. The highest BCUT2D eigenvalue weighted by atomic mass is 16.7. The highest BCUT2D eigenvalue weighted by molar-refractivity contribution is 5.86. The third kappa shape index (κ3) is 4.14. The Morgan fingerprint density at radius 1 is 1.06 bits per heavy atom. The molecule has 7 heteroatoms. The van der Waals surface area contributed by atoms with Gasteiger partial charge in [-0.2, -0.15) is 0 Å². The molecule has 2 aromatic carbocycles. The predicted octanol–water partition coefficient (Wildman–Crippen LogP) is 4.04. The number of hydrogen-bond donors (Lipinski definition) is 0. The zero-order valence-corrected chi connectivity index (χ0v) is 17.8. The molecule has 3 aromatic rings. The van der Waals surface area contributed by atoms with Crippen molar-refractivity contribution >= 4 is 16.8 Å². The Bertz CT molecular complexity index is 1190. The predicted molar refractivity (Wildman–Crippen MR) is 115 cm³/mol. The van der Waals surface area contributed by atoms with Crippen LogP contribution in [0.2, 0.25) is 0 Å². The lowest BCUT2D eigenvalue weighted by molar-refractivity contribution is -0.125. The van der Waals surface area contributed by atoms with Crippen LogP contribution >= 0.6 is 0 Å². The maximum Gasteiger partial charge on any atom is 0.231 e. The zero-order chi connectivity index (χ0) is 22.0. The quantitative estimate of drug-likeness (QED) is 0.539. The molecule has 0 fully saturated rings. The molecule has 31 heavy (non-hydrogen) atoms. The Hall–Kier alpha value is -3.32. The number of ether oxygens (including phenoxy) is 4. The van der Waals surface area contributed by atoms with Crippen LogP contribution in [0.15, 0.2) is 39.5 Å². The van der Waals surface area contributed by atoms with Crippen molar-refractivity contribution in [2.24, 2.45) is 0 Å². The molecular weight excluding hydrogens is 400 g/mol. The SMILES string of the molecule is CCOCC(=O)COc1cc2oc(C)c(-c3ccc4c(c3)OCO4)c(=O)c2cc1CC. The van der Waals surface area contributed by atoms with Gasteiger partial charge in [-0.3, -0.25) is 9.59 Å². The Morgan fingerprint density at radius 3 is 2.65 bits per heavy atom. The minimum atomic E-state index is -0.153. The summed E-state index contributed by atoms with van der Waals surface area (Å²) in [7, 11) is 0. The van der Waals surface area contributed by atoms with Crippen molar-refractivity contribution in [1.82, 2.24) is 0 Å². The monoisotopic (exact) mass is 424 g/mol. The summed E-state index contributed by atoms with van der Waals surface area (Å²) in [5.41, 5.74) is 2.29. The van der Waals surface area contributed by atoms with Crippen LogP contribution in [-0.2, 0) is 16.0 Å². The summed E-state index contributed by atoms with van der Waals surface area (Å²) < 4.78 is 27.6. The standard InChI is InChI=1S/C24H24O7/c1-4-15-8-18-21(10-20(15)28-12-17(25)11-27-5-2)31-14(3)23(24(18)26)16-6-7-19-22(9-16)30-13-29-19/h6-10H,4-5,11-13H2,1-3H3. The van der Waals surface area contributed by atoms with Gasteiger partial charge in [-0.25, -0.2) is 0 Å². The van der Waals surface area contributed by atoms with E-state index in [4.69, 9.17) is 23.4 Å². The van der Waals surface area contributed by atoms with Crippen molar-refractivity contribution in [3.05, 3.63) is 51.9 Å². The fourth-order valence-electron chi connectivity index (χ4n) is 3.59. The van der Waals surface area contributed by atoms with Gasteiger partial charge in [0.25, 0.3) is 0 Å². The Kier molecular flexibility index (Phi) is 5.95. The van der Waals surface area contributed by atoms with E-state index in [-0.39, 0.29) is 31.2 Å². The summed E-state index contributed by atoms with van der Waals surface area (Å²) in [6.07, 6.45) is 0.637. The highest BCUT2D eigenvalue weighted by Gasteiger charge is 2.20. The smallest absolute Gasteiger partial charge is 0.231 e. The summed E-state index contributed by atoms with van der Waals surface area (Å²) in [5, 5.41) is 0.461. The van der Waals surface area contributed by atoms with E-state index >= 15 is 0 Å². The molecule has 0 atom stereocenters. The maximum atomic E-state index is 13.4. The van der Waals surface area contributed by atoms with Crippen LogP contribution in [0.1, 0.15) is 25.2 Å². The van der Waals surface area contributed by atoms with E-state index in [1.54, 1.807) is 31.2 Å². The molecule has 1 aliphatic rings. The van der Waals surface area contributed by atoms with Crippen LogP contribution < -0.4 is 19.6 Å². The lowest BCUT2D eigenvalue weighted by atomic mass is 10.0. The van der Waals surface area contributed by atoms with Crippen molar-refractivity contribution in [2.75, 3.05) is 26.6 Å². The van der Waals surface area contributed by atoms with Crippen LogP contribution in [-0.4, -0.2) is 32.4 Å². The topological polar surface area (TPSA) is 84.2 Å². The van der Waals surface area contributed by atoms with Gasteiger partial charge in [0.2, 0.25) is 12.2 Å². The first-order chi connectivity index (χ1) is 15.0. The molecule has 0 bridgehead atoms. The van der Waals surface area contributed by atoms with Crippen molar-refractivity contribution in [2.45, 2.75) is 27.2 Å². The van der Waals surface area contributed by atoms with Crippen molar-refractivity contribution in [1.29, 1.82) is 0 Å². The van der Waals surface area contributed by atoms with Gasteiger partial charge in [0.15, 0.2) is 17.3 Å². The van der Waals surface area contributed by atoms with E-state index in [1.165, 1.54) is 0 Å². The molecule has 0 N–H and O–H groups in total. The summed E-state index contributed by atoms with van der Waals surface area (Å²) in [6, 6.07) is 8.85. The van der Waals surface area contributed by atoms with Gasteiger partial charge in [-0.05, 0) is 49.6 Å². The fourth-order valence-corrected chi connectivity index (χ4v) is 3.59. The van der Waals surface area contributed by atoms with Gasteiger partial charge < -0.3 is 23.4 Å². The number of benzene rings is 2. The second kappa shape index (κ2) is 8.81. The minimum absolute atomic E-state index is 0.0125.